The van der Waals surface area contributed by atoms with E-state index in [-0.39, 0.29) is 0 Å². The summed E-state index contributed by atoms with van der Waals surface area (Å²) in [6.07, 6.45) is 4.89. The number of aliphatic imine (C=N–C) groups is 1. The van der Waals surface area contributed by atoms with Crippen LogP contribution >= 0.6 is 0 Å². The van der Waals surface area contributed by atoms with E-state index >= 15 is 0 Å². The zero-order valence-corrected chi connectivity index (χ0v) is 16.4. The predicted octanol–water partition coefficient (Wildman–Crippen LogP) is 0.776. The fraction of sp³-hybridized carbons (Fsp3) is 0.833. The van der Waals surface area contributed by atoms with Crippen LogP contribution in [-0.2, 0) is 18.3 Å². The average Bonchev–Trinajstić information content (AvgIpc) is 3.38. The highest BCUT2D eigenvalue weighted by atomic mass is 16.5. The predicted molar refractivity (Wildman–Crippen MR) is 102 cm³/mol. The van der Waals surface area contributed by atoms with Gasteiger partial charge in [0.05, 0.1) is 0 Å². The van der Waals surface area contributed by atoms with E-state index in [2.05, 4.69) is 25.3 Å². The van der Waals surface area contributed by atoms with Gasteiger partial charge in [-0.1, -0.05) is 0 Å². The Morgan fingerprint density at radius 1 is 1.27 bits per heavy atom. The molecule has 0 bridgehead atoms. The molecule has 0 aliphatic carbocycles. The highest BCUT2D eigenvalue weighted by molar-refractivity contribution is 5.80. The van der Waals surface area contributed by atoms with Gasteiger partial charge in [0.1, 0.15) is 12.4 Å². The minimum absolute atomic E-state index is 0.550. The van der Waals surface area contributed by atoms with Crippen LogP contribution in [0.5, 0.6) is 0 Å². The van der Waals surface area contributed by atoms with Crippen LogP contribution in [0.15, 0.2) is 4.99 Å². The van der Waals surface area contributed by atoms with E-state index in [0.29, 0.717) is 12.6 Å². The summed E-state index contributed by atoms with van der Waals surface area (Å²) < 4.78 is 7.16. The molecule has 3 rings (SSSR count). The second-order valence-corrected chi connectivity index (χ2v) is 7.27. The van der Waals surface area contributed by atoms with Crippen LogP contribution in [0, 0.1) is 6.92 Å². The summed E-state index contributed by atoms with van der Waals surface area (Å²) >= 11 is 0. The molecule has 1 unspecified atom stereocenters. The third kappa shape index (κ3) is 4.73. The monoisotopic (exact) mass is 363 g/mol. The van der Waals surface area contributed by atoms with Gasteiger partial charge in [-0.25, -0.2) is 4.99 Å². The summed E-state index contributed by atoms with van der Waals surface area (Å²) in [5, 5.41) is 11.9. The quantitative estimate of drug-likeness (QED) is 0.438. The Hall–Kier alpha value is -1.67. The summed E-state index contributed by atoms with van der Waals surface area (Å²) in [6.45, 7) is 8.78. The smallest absolute Gasteiger partial charge is 0.194 e. The molecule has 1 N–H and O–H groups in total. The first-order valence-corrected chi connectivity index (χ1v) is 9.80. The van der Waals surface area contributed by atoms with E-state index in [1.54, 1.807) is 7.11 Å². The van der Waals surface area contributed by atoms with Gasteiger partial charge in [0.2, 0.25) is 0 Å². The van der Waals surface area contributed by atoms with Gasteiger partial charge < -0.3 is 19.5 Å². The van der Waals surface area contributed by atoms with Crippen LogP contribution in [0.3, 0.4) is 0 Å². The molecule has 0 spiro atoms. The number of nitrogens with zero attached hydrogens (tertiary/aromatic N) is 6. The molecule has 0 aromatic carbocycles. The van der Waals surface area contributed by atoms with E-state index in [9.17, 15) is 0 Å². The Labute approximate surface area is 156 Å². The SMILES string of the molecule is COCCCNC(=NCc1nnc(C)n1C)N1CCC(N2CCCC2)C1. The molecule has 0 amide bonds. The lowest BCUT2D eigenvalue weighted by Crippen LogP contribution is -2.43. The first-order chi connectivity index (χ1) is 12.7. The molecule has 3 heterocycles. The number of hydrogen-bond acceptors (Lipinski definition) is 5. The van der Waals surface area contributed by atoms with Crippen LogP contribution < -0.4 is 5.32 Å². The number of methoxy groups -OCH3 is 1. The van der Waals surface area contributed by atoms with Crippen molar-refractivity contribution in [1.82, 2.24) is 29.9 Å². The molecule has 2 saturated heterocycles. The molecule has 2 fully saturated rings. The van der Waals surface area contributed by atoms with Gasteiger partial charge in [0.15, 0.2) is 11.8 Å². The molecule has 8 heteroatoms. The number of likely N-dealkylation sites (tertiary alicyclic amines) is 2. The van der Waals surface area contributed by atoms with Crippen LogP contribution in [0.4, 0.5) is 0 Å². The van der Waals surface area contributed by atoms with Crippen molar-refractivity contribution in [3.05, 3.63) is 11.6 Å². The zero-order valence-electron chi connectivity index (χ0n) is 16.4. The van der Waals surface area contributed by atoms with E-state index in [1.165, 1.54) is 32.4 Å². The van der Waals surface area contributed by atoms with E-state index in [1.807, 2.05) is 18.5 Å². The lowest BCUT2D eigenvalue weighted by molar-refractivity contribution is 0.195. The molecule has 1 aromatic rings. The first kappa shape index (κ1) is 19.1. The van der Waals surface area contributed by atoms with Gasteiger partial charge in [-0.3, -0.25) is 4.90 Å². The number of guanidine groups is 1. The summed E-state index contributed by atoms with van der Waals surface area (Å²) in [6, 6.07) is 0.667. The van der Waals surface area contributed by atoms with Crippen molar-refractivity contribution in [2.24, 2.45) is 12.0 Å². The topological polar surface area (TPSA) is 70.8 Å². The molecule has 2 aliphatic heterocycles. The number of ether oxygens (including phenoxy) is 1. The molecular weight excluding hydrogens is 330 g/mol. The van der Waals surface area contributed by atoms with Crippen LogP contribution in [0.2, 0.25) is 0 Å². The lowest BCUT2D eigenvalue weighted by atomic mass is 10.2. The van der Waals surface area contributed by atoms with E-state index < -0.39 is 0 Å². The molecule has 0 saturated carbocycles. The Bertz CT molecular complexity index is 594. The molecule has 1 aromatic heterocycles. The van der Waals surface area contributed by atoms with Crippen molar-refractivity contribution in [3.8, 4) is 0 Å². The molecule has 2 aliphatic rings. The second-order valence-electron chi connectivity index (χ2n) is 7.27. The normalized spacial score (nSPS) is 21.7. The molecular formula is C18H33N7O. The number of rotatable bonds is 7. The Kier molecular flexibility index (Phi) is 6.85. The minimum Gasteiger partial charge on any atom is -0.385 e. The maximum absolute atomic E-state index is 5.16. The van der Waals surface area contributed by atoms with Gasteiger partial charge in [-0.15, -0.1) is 10.2 Å². The van der Waals surface area contributed by atoms with Crippen molar-refractivity contribution in [3.63, 3.8) is 0 Å². The Balaban J connectivity index is 1.62. The fourth-order valence-electron chi connectivity index (χ4n) is 3.76. The number of aryl methyl sites for hydroxylation is 1. The van der Waals surface area contributed by atoms with Crippen LogP contribution in [0.1, 0.15) is 37.3 Å². The fourth-order valence-corrected chi connectivity index (χ4v) is 3.76. The minimum atomic E-state index is 0.550. The summed E-state index contributed by atoms with van der Waals surface area (Å²) in [5.41, 5.74) is 0. The molecule has 146 valence electrons. The van der Waals surface area contributed by atoms with Crippen molar-refractivity contribution in [2.45, 2.75) is 45.2 Å². The highest BCUT2D eigenvalue weighted by Crippen LogP contribution is 2.20. The molecule has 0 radical (unpaired) electrons. The summed E-state index contributed by atoms with van der Waals surface area (Å²) in [4.78, 5) is 9.91. The molecule has 8 nitrogen and oxygen atoms in total. The standard InChI is InChI=1S/C18H33N7O/c1-15-21-22-17(23(15)2)13-20-18(19-8-6-12-26-3)25-11-7-16(14-25)24-9-4-5-10-24/h16H,4-14H2,1-3H3,(H,19,20). The third-order valence-corrected chi connectivity index (χ3v) is 5.48. The highest BCUT2D eigenvalue weighted by Gasteiger charge is 2.30. The van der Waals surface area contributed by atoms with Crippen molar-refractivity contribution in [1.29, 1.82) is 0 Å². The van der Waals surface area contributed by atoms with Gasteiger partial charge in [-0.05, 0) is 45.7 Å². The van der Waals surface area contributed by atoms with Gasteiger partial charge >= 0.3 is 0 Å². The number of nitrogens with one attached hydrogen (secondary N) is 1. The molecule has 26 heavy (non-hydrogen) atoms. The van der Waals surface area contributed by atoms with Crippen LogP contribution in [-0.4, -0.2) is 83.0 Å². The first-order valence-electron chi connectivity index (χ1n) is 9.80. The average molecular weight is 364 g/mol. The van der Waals surface area contributed by atoms with Crippen LogP contribution in [0.25, 0.3) is 0 Å². The Morgan fingerprint density at radius 3 is 2.77 bits per heavy atom. The maximum atomic E-state index is 5.16. The summed E-state index contributed by atoms with van der Waals surface area (Å²) in [5.74, 6) is 2.80. The molecule has 1 atom stereocenters. The van der Waals surface area contributed by atoms with Crippen molar-refractivity contribution < 1.29 is 4.74 Å². The second kappa shape index (κ2) is 9.32. The van der Waals surface area contributed by atoms with Gasteiger partial charge in [0, 0.05) is 46.4 Å². The van der Waals surface area contributed by atoms with E-state index in [4.69, 9.17) is 9.73 Å². The maximum Gasteiger partial charge on any atom is 0.194 e. The van der Waals surface area contributed by atoms with Crippen molar-refractivity contribution >= 4 is 5.96 Å². The lowest BCUT2D eigenvalue weighted by Gasteiger charge is -2.25. The zero-order chi connectivity index (χ0) is 18.4. The van der Waals surface area contributed by atoms with E-state index in [0.717, 1.165) is 50.3 Å². The number of hydrogen-bond donors (Lipinski definition) is 1. The van der Waals surface area contributed by atoms with Gasteiger partial charge in [0.25, 0.3) is 0 Å². The van der Waals surface area contributed by atoms with Gasteiger partial charge in [-0.2, -0.15) is 0 Å². The summed E-state index contributed by atoms with van der Waals surface area (Å²) in [7, 11) is 3.73. The number of aromatic nitrogens is 3. The largest absolute Gasteiger partial charge is 0.385 e. The third-order valence-electron chi connectivity index (χ3n) is 5.48. The Morgan fingerprint density at radius 2 is 2.08 bits per heavy atom. The van der Waals surface area contributed by atoms with Crippen molar-refractivity contribution in [2.75, 3.05) is 46.4 Å².